The van der Waals surface area contributed by atoms with Crippen molar-refractivity contribution in [3.05, 3.63) is 102 Å². The number of alkyl carbamates (subject to hydrolysis) is 1. The molecule has 0 saturated carbocycles. The molecule has 8 heteroatoms. The summed E-state index contributed by atoms with van der Waals surface area (Å²) >= 11 is 0. The maximum atomic E-state index is 12.2. The number of carbonyl (C=O) groups is 1. The van der Waals surface area contributed by atoms with E-state index in [1.54, 1.807) is 0 Å². The Labute approximate surface area is 205 Å². The summed E-state index contributed by atoms with van der Waals surface area (Å²) in [5.41, 5.74) is 3.73. The summed E-state index contributed by atoms with van der Waals surface area (Å²) in [5.74, 6) is 0.481. The van der Waals surface area contributed by atoms with Gasteiger partial charge in [0, 0.05) is 37.9 Å². The number of piperazine rings is 1. The molecular weight excluding hydrogens is 440 g/mol. The number of guanidine groups is 1. The van der Waals surface area contributed by atoms with Crippen LogP contribution in [0.4, 0.5) is 10.5 Å². The highest BCUT2D eigenvalue weighted by Gasteiger charge is 2.24. The maximum Gasteiger partial charge on any atom is 0.407 e. The number of rotatable bonds is 6. The first-order valence-corrected chi connectivity index (χ1v) is 11.5. The molecule has 1 saturated heterocycles. The van der Waals surface area contributed by atoms with Gasteiger partial charge in [0.2, 0.25) is 12.2 Å². The summed E-state index contributed by atoms with van der Waals surface area (Å²) in [6.07, 6.45) is 1.42. The number of hydrogen-bond acceptors (Lipinski definition) is 5. The van der Waals surface area contributed by atoms with Crippen LogP contribution in [0, 0.1) is 11.5 Å². The van der Waals surface area contributed by atoms with Gasteiger partial charge in [-0.05, 0) is 22.8 Å². The Morgan fingerprint density at radius 1 is 1.06 bits per heavy atom. The minimum atomic E-state index is -0.498. The van der Waals surface area contributed by atoms with Crippen LogP contribution >= 0.6 is 0 Å². The predicted octanol–water partition coefficient (Wildman–Crippen LogP) is 4.01. The van der Waals surface area contributed by atoms with Gasteiger partial charge in [0.25, 0.3) is 0 Å². The summed E-state index contributed by atoms with van der Waals surface area (Å²) in [6, 6.07) is 27.5. The lowest BCUT2D eigenvalue weighted by Gasteiger charge is -2.35. The van der Waals surface area contributed by atoms with Crippen LogP contribution in [-0.2, 0) is 17.9 Å². The van der Waals surface area contributed by atoms with Gasteiger partial charge in [-0.2, -0.15) is 5.26 Å². The number of anilines is 1. The van der Waals surface area contributed by atoms with E-state index in [0.29, 0.717) is 19.0 Å². The Morgan fingerprint density at radius 2 is 1.77 bits per heavy atom. The molecule has 4 rings (SSSR count). The minimum Gasteiger partial charge on any atom is -0.445 e. The monoisotopic (exact) mass is 468 g/mol. The largest absolute Gasteiger partial charge is 0.445 e. The normalized spacial score (nSPS) is 15.7. The van der Waals surface area contributed by atoms with Crippen LogP contribution in [0.3, 0.4) is 0 Å². The van der Waals surface area contributed by atoms with E-state index < -0.39 is 6.09 Å². The van der Waals surface area contributed by atoms with Crippen molar-refractivity contribution < 1.29 is 9.53 Å². The van der Waals surface area contributed by atoms with E-state index in [9.17, 15) is 10.1 Å². The van der Waals surface area contributed by atoms with Crippen molar-refractivity contribution in [2.75, 3.05) is 25.0 Å². The van der Waals surface area contributed by atoms with Crippen molar-refractivity contribution in [2.45, 2.75) is 19.2 Å². The number of para-hydroxylation sites is 1. The molecule has 3 aromatic carbocycles. The highest BCUT2D eigenvalue weighted by atomic mass is 16.5. The molecule has 3 aromatic rings. The van der Waals surface area contributed by atoms with Crippen molar-refractivity contribution in [1.82, 2.24) is 15.5 Å². The molecule has 3 N–H and O–H groups in total. The van der Waals surface area contributed by atoms with Gasteiger partial charge in [-0.3, -0.25) is 0 Å². The van der Waals surface area contributed by atoms with Crippen LogP contribution in [0.25, 0.3) is 0 Å². The third kappa shape index (κ3) is 6.82. The Balaban J connectivity index is 1.39. The van der Waals surface area contributed by atoms with Crippen LogP contribution in [0.15, 0.2) is 89.9 Å². The van der Waals surface area contributed by atoms with Gasteiger partial charge < -0.3 is 25.6 Å². The molecular formula is C27H28N6O2. The zero-order valence-electron chi connectivity index (χ0n) is 19.4. The molecule has 1 aliphatic heterocycles. The fraction of sp³-hybridized carbons (Fsp3) is 0.222. The zero-order chi connectivity index (χ0) is 24.3. The zero-order valence-corrected chi connectivity index (χ0v) is 19.4. The average molecular weight is 469 g/mol. The molecule has 1 heterocycles. The van der Waals surface area contributed by atoms with Crippen LogP contribution < -0.4 is 16.0 Å². The molecule has 8 nitrogen and oxygen atoms in total. The van der Waals surface area contributed by atoms with E-state index in [1.165, 1.54) is 5.56 Å². The smallest absolute Gasteiger partial charge is 0.407 e. The standard InChI is InChI=1S/C27H28N6O2/c28-20-31-26(33-16-15-29-25(18-33)22-11-5-2-6-12-22)32-24-14-8-7-13-23(24)17-30-27(34)35-19-21-9-3-1-4-10-21/h1-14,25,29H,15-19H2,(H,30,34)(H,31,32). The molecule has 1 aliphatic rings. The minimum absolute atomic E-state index is 0.131. The lowest BCUT2D eigenvalue weighted by Crippen LogP contribution is -2.50. The first-order chi connectivity index (χ1) is 17.2. The topological polar surface area (TPSA) is 102 Å². The third-order valence-corrected chi connectivity index (χ3v) is 5.73. The molecule has 1 unspecified atom stereocenters. The number of nitrogens with zero attached hydrogens (tertiary/aromatic N) is 3. The van der Waals surface area contributed by atoms with E-state index in [-0.39, 0.29) is 19.2 Å². The summed E-state index contributed by atoms with van der Waals surface area (Å²) in [4.78, 5) is 18.3. The lowest BCUT2D eigenvalue weighted by molar-refractivity contribution is 0.139. The van der Waals surface area contributed by atoms with Crippen LogP contribution in [0.1, 0.15) is 22.7 Å². The molecule has 0 spiro atoms. The van der Waals surface area contributed by atoms with Gasteiger partial charge in [-0.15, -0.1) is 4.99 Å². The van der Waals surface area contributed by atoms with Crippen LogP contribution in [0.2, 0.25) is 0 Å². The molecule has 1 amide bonds. The van der Waals surface area contributed by atoms with E-state index in [2.05, 4.69) is 38.0 Å². The molecule has 0 bridgehead atoms. The van der Waals surface area contributed by atoms with Gasteiger partial charge in [0.05, 0.1) is 0 Å². The first kappa shape index (κ1) is 23.8. The predicted molar refractivity (Wildman–Crippen MR) is 135 cm³/mol. The Kier molecular flexibility index (Phi) is 8.30. The lowest BCUT2D eigenvalue weighted by atomic mass is 10.0. The van der Waals surface area contributed by atoms with Crippen LogP contribution in [0.5, 0.6) is 0 Å². The van der Waals surface area contributed by atoms with Crippen molar-refractivity contribution in [3.8, 4) is 6.19 Å². The molecule has 178 valence electrons. The van der Waals surface area contributed by atoms with Crippen molar-refractivity contribution >= 4 is 17.7 Å². The number of nitriles is 1. The highest BCUT2D eigenvalue weighted by molar-refractivity contribution is 5.95. The number of hydrogen-bond donors (Lipinski definition) is 3. The highest BCUT2D eigenvalue weighted by Crippen LogP contribution is 2.20. The fourth-order valence-electron chi connectivity index (χ4n) is 3.93. The number of nitrogens with one attached hydrogen (secondary N) is 3. The quantitative estimate of drug-likeness (QED) is 0.287. The Hall–Kier alpha value is -4.35. The van der Waals surface area contributed by atoms with Crippen molar-refractivity contribution in [2.24, 2.45) is 4.99 Å². The second kappa shape index (κ2) is 12.2. The Morgan fingerprint density at radius 3 is 2.54 bits per heavy atom. The number of aliphatic imine (C=N–C) groups is 1. The van der Waals surface area contributed by atoms with Crippen LogP contribution in [-0.4, -0.2) is 36.6 Å². The number of benzene rings is 3. The molecule has 0 radical (unpaired) electrons. The van der Waals surface area contributed by atoms with E-state index >= 15 is 0 Å². The number of carbonyl (C=O) groups excluding carboxylic acids is 1. The van der Waals surface area contributed by atoms with Gasteiger partial charge in [-0.1, -0.05) is 78.9 Å². The number of amides is 1. The van der Waals surface area contributed by atoms with Gasteiger partial charge >= 0.3 is 6.09 Å². The fourth-order valence-corrected chi connectivity index (χ4v) is 3.93. The summed E-state index contributed by atoms with van der Waals surface area (Å²) < 4.78 is 5.31. The molecule has 35 heavy (non-hydrogen) atoms. The van der Waals surface area contributed by atoms with E-state index in [4.69, 9.17) is 4.74 Å². The summed E-state index contributed by atoms with van der Waals surface area (Å²) in [6.45, 7) is 2.62. The third-order valence-electron chi connectivity index (χ3n) is 5.73. The summed E-state index contributed by atoms with van der Waals surface area (Å²) in [5, 5.41) is 19.0. The van der Waals surface area contributed by atoms with Crippen molar-refractivity contribution in [1.29, 1.82) is 5.26 Å². The van der Waals surface area contributed by atoms with Crippen molar-refractivity contribution in [3.63, 3.8) is 0 Å². The molecule has 1 atom stereocenters. The molecule has 0 aliphatic carbocycles. The Bertz CT molecular complexity index is 1180. The second-order valence-electron chi connectivity index (χ2n) is 8.10. The molecule has 0 aromatic heterocycles. The second-order valence-corrected chi connectivity index (χ2v) is 8.10. The van der Waals surface area contributed by atoms with E-state index in [1.807, 2.05) is 79.0 Å². The summed E-state index contributed by atoms with van der Waals surface area (Å²) in [7, 11) is 0. The number of ether oxygens (including phenoxy) is 1. The maximum absolute atomic E-state index is 12.2. The first-order valence-electron chi connectivity index (χ1n) is 11.5. The van der Waals surface area contributed by atoms with E-state index in [0.717, 1.165) is 23.4 Å². The van der Waals surface area contributed by atoms with Gasteiger partial charge in [-0.25, -0.2) is 4.79 Å². The van der Waals surface area contributed by atoms with Gasteiger partial charge in [0.15, 0.2) is 0 Å². The average Bonchev–Trinajstić information content (AvgIpc) is 2.92. The molecule has 1 fully saturated rings. The SMILES string of the molecule is N#CN=C(Nc1ccccc1CNC(=O)OCc1ccccc1)N1CCNC(c2ccccc2)C1. The van der Waals surface area contributed by atoms with Gasteiger partial charge in [0.1, 0.15) is 6.61 Å².